The Bertz CT molecular complexity index is 661. The molecule has 0 radical (unpaired) electrons. The first-order valence-corrected chi connectivity index (χ1v) is 9.29. The number of benzene rings is 1. The first-order valence-electron chi connectivity index (χ1n) is 7.44. The van der Waals surface area contributed by atoms with E-state index in [1.165, 1.54) is 10.6 Å². The van der Waals surface area contributed by atoms with Crippen LogP contribution in [0.2, 0.25) is 0 Å². The van der Waals surface area contributed by atoms with Crippen molar-refractivity contribution in [3.63, 3.8) is 0 Å². The van der Waals surface area contributed by atoms with Gasteiger partial charge in [0.1, 0.15) is 0 Å². The van der Waals surface area contributed by atoms with E-state index in [0.29, 0.717) is 12.1 Å². The maximum absolute atomic E-state index is 11.8. The van der Waals surface area contributed by atoms with Gasteiger partial charge in [-0.25, -0.2) is 8.42 Å². The molecule has 1 aromatic rings. The minimum absolute atomic E-state index is 0.140. The van der Waals surface area contributed by atoms with Crippen molar-refractivity contribution in [3.8, 4) is 0 Å². The summed E-state index contributed by atoms with van der Waals surface area (Å²) >= 11 is 0. The molecule has 0 bridgehead atoms. The summed E-state index contributed by atoms with van der Waals surface area (Å²) in [7, 11) is -3.25. The highest BCUT2D eigenvalue weighted by molar-refractivity contribution is 7.88. The Morgan fingerprint density at radius 1 is 1.22 bits per heavy atom. The normalized spacial score (nSPS) is 18.6. The number of rotatable bonds is 6. The van der Waals surface area contributed by atoms with Crippen LogP contribution in [-0.4, -0.2) is 56.5 Å². The van der Waals surface area contributed by atoms with Crippen LogP contribution in [0.15, 0.2) is 30.3 Å². The fraction of sp³-hybridized carbons (Fsp3) is 0.467. The highest BCUT2D eigenvalue weighted by Crippen LogP contribution is 2.19. The maximum Gasteiger partial charge on any atom is 0.251 e. The molecule has 8 heteroatoms. The summed E-state index contributed by atoms with van der Waals surface area (Å²) in [6.45, 7) is 0.608. The zero-order chi connectivity index (χ0) is 16.9. The van der Waals surface area contributed by atoms with E-state index in [0.717, 1.165) is 12.8 Å². The van der Waals surface area contributed by atoms with Crippen molar-refractivity contribution >= 4 is 21.8 Å². The lowest BCUT2D eigenvalue weighted by Gasteiger charge is -2.22. The molecule has 1 saturated heterocycles. The second-order valence-electron chi connectivity index (χ2n) is 5.52. The van der Waals surface area contributed by atoms with Gasteiger partial charge in [0.2, 0.25) is 15.9 Å². The van der Waals surface area contributed by atoms with Crippen LogP contribution in [0.5, 0.6) is 0 Å². The van der Waals surface area contributed by atoms with Gasteiger partial charge in [-0.15, -0.1) is 0 Å². The average Bonchev–Trinajstić information content (AvgIpc) is 3.00. The molecule has 0 saturated carbocycles. The van der Waals surface area contributed by atoms with Crippen molar-refractivity contribution in [2.24, 2.45) is 0 Å². The summed E-state index contributed by atoms with van der Waals surface area (Å²) in [6.07, 6.45) is 2.69. The predicted molar refractivity (Wildman–Crippen MR) is 86.4 cm³/mol. The molecule has 0 spiro atoms. The molecule has 23 heavy (non-hydrogen) atoms. The van der Waals surface area contributed by atoms with Gasteiger partial charge < -0.3 is 10.6 Å². The fourth-order valence-corrected chi connectivity index (χ4v) is 3.78. The van der Waals surface area contributed by atoms with Gasteiger partial charge in [0.15, 0.2) is 0 Å². The van der Waals surface area contributed by atoms with Crippen molar-refractivity contribution < 1.29 is 18.0 Å². The van der Waals surface area contributed by atoms with Gasteiger partial charge >= 0.3 is 0 Å². The Labute approximate surface area is 136 Å². The van der Waals surface area contributed by atoms with Crippen LogP contribution in [0.4, 0.5) is 0 Å². The van der Waals surface area contributed by atoms with Crippen molar-refractivity contribution in [3.05, 3.63) is 35.9 Å². The van der Waals surface area contributed by atoms with Crippen molar-refractivity contribution in [1.29, 1.82) is 0 Å². The summed E-state index contributed by atoms with van der Waals surface area (Å²) in [5.41, 5.74) is 0.486. The zero-order valence-electron chi connectivity index (χ0n) is 13.0. The molecule has 1 unspecified atom stereocenters. The number of sulfonamides is 1. The Morgan fingerprint density at radius 3 is 2.57 bits per heavy atom. The molecule has 1 fully saturated rings. The zero-order valence-corrected chi connectivity index (χ0v) is 13.8. The highest BCUT2D eigenvalue weighted by Gasteiger charge is 2.31. The van der Waals surface area contributed by atoms with Gasteiger partial charge in [0.05, 0.1) is 12.8 Å². The molecule has 2 N–H and O–H groups in total. The SMILES string of the molecule is CS(=O)(=O)N1CCCC1CNC(=O)CNC(=O)c1ccccc1. The Balaban J connectivity index is 1.76. The second kappa shape index (κ2) is 7.56. The molecule has 2 amide bonds. The molecular formula is C15H21N3O4S. The summed E-state index contributed by atoms with van der Waals surface area (Å²) in [4.78, 5) is 23.6. The van der Waals surface area contributed by atoms with E-state index >= 15 is 0 Å². The van der Waals surface area contributed by atoms with Crippen molar-refractivity contribution in [1.82, 2.24) is 14.9 Å². The van der Waals surface area contributed by atoms with Gasteiger partial charge in [0.25, 0.3) is 5.91 Å². The van der Waals surface area contributed by atoms with Crippen LogP contribution < -0.4 is 10.6 Å². The third-order valence-electron chi connectivity index (χ3n) is 3.73. The number of hydrogen-bond acceptors (Lipinski definition) is 4. The molecule has 1 atom stereocenters. The largest absolute Gasteiger partial charge is 0.353 e. The monoisotopic (exact) mass is 339 g/mol. The number of amides is 2. The van der Waals surface area contributed by atoms with Crippen LogP contribution in [0.25, 0.3) is 0 Å². The van der Waals surface area contributed by atoms with Gasteiger partial charge in [0, 0.05) is 24.7 Å². The molecule has 0 aliphatic carbocycles. The highest BCUT2D eigenvalue weighted by atomic mass is 32.2. The molecule has 1 aliphatic rings. The quantitative estimate of drug-likeness (QED) is 0.760. The summed E-state index contributed by atoms with van der Waals surface area (Å²) < 4.78 is 24.6. The Morgan fingerprint density at radius 2 is 1.91 bits per heavy atom. The van der Waals surface area contributed by atoms with E-state index in [1.807, 2.05) is 0 Å². The van der Waals surface area contributed by atoms with E-state index in [-0.39, 0.29) is 30.9 Å². The predicted octanol–water partition coefficient (Wildman–Crippen LogP) is -0.0434. The Kier molecular flexibility index (Phi) is 5.73. The first-order chi connectivity index (χ1) is 10.9. The lowest BCUT2D eigenvalue weighted by Crippen LogP contribution is -2.45. The molecule has 0 aromatic heterocycles. The van der Waals surface area contributed by atoms with Crippen LogP contribution in [0, 0.1) is 0 Å². The second-order valence-corrected chi connectivity index (χ2v) is 7.46. The lowest BCUT2D eigenvalue weighted by atomic mass is 10.2. The average molecular weight is 339 g/mol. The third-order valence-corrected chi connectivity index (χ3v) is 5.06. The van der Waals surface area contributed by atoms with Crippen molar-refractivity contribution in [2.45, 2.75) is 18.9 Å². The van der Waals surface area contributed by atoms with Crippen molar-refractivity contribution in [2.75, 3.05) is 25.9 Å². The molecule has 126 valence electrons. The topological polar surface area (TPSA) is 95.6 Å². The first kappa shape index (κ1) is 17.4. The number of carbonyl (C=O) groups is 2. The van der Waals surface area contributed by atoms with Crippen LogP contribution in [0.3, 0.4) is 0 Å². The molecule has 1 heterocycles. The fourth-order valence-electron chi connectivity index (χ4n) is 2.60. The van der Waals surface area contributed by atoms with Crippen LogP contribution >= 0.6 is 0 Å². The Hall–Kier alpha value is -1.93. The number of nitrogens with one attached hydrogen (secondary N) is 2. The van der Waals surface area contributed by atoms with E-state index < -0.39 is 10.0 Å². The summed E-state index contributed by atoms with van der Waals surface area (Å²) in [5, 5.41) is 5.21. The molecule has 2 rings (SSSR count). The van der Waals surface area contributed by atoms with Gasteiger partial charge in [-0.05, 0) is 25.0 Å². The van der Waals surface area contributed by atoms with Gasteiger partial charge in [-0.1, -0.05) is 18.2 Å². The number of hydrogen-bond donors (Lipinski definition) is 2. The lowest BCUT2D eigenvalue weighted by molar-refractivity contribution is -0.120. The van der Waals surface area contributed by atoms with E-state index in [9.17, 15) is 18.0 Å². The van der Waals surface area contributed by atoms with Gasteiger partial charge in [-0.2, -0.15) is 4.31 Å². The number of nitrogens with zero attached hydrogens (tertiary/aromatic N) is 1. The van der Waals surface area contributed by atoms with Crippen LogP contribution in [0.1, 0.15) is 23.2 Å². The van der Waals surface area contributed by atoms with E-state index in [1.54, 1.807) is 30.3 Å². The smallest absolute Gasteiger partial charge is 0.251 e. The van der Waals surface area contributed by atoms with E-state index in [2.05, 4.69) is 10.6 Å². The summed E-state index contributed by atoms with van der Waals surface area (Å²) in [6, 6.07) is 8.41. The molecular weight excluding hydrogens is 318 g/mol. The van der Waals surface area contributed by atoms with E-state index in [4.69, 9.17) is 0 Å². The summed E-state index contributed by atoms with van der Waals surface area (Å²) in [5.74, 6) is -0.658. The maximum atomic E-state index is 11.8. The number of carbonyl (C=O) groups excluding carboxylic acids is 2. The van der Waals surface area contributed by atoms with Gasteiger partial charge in [-0.3, -0.25) is 9.59 Å². The molecule has 7 nitrogen and oxygen atoms in total. The molecule has 1 aromatic carbocycles. The molecule has 1 aliphatic heterocycles. The standard InChI is InChI=1S/C15H21N3O4S/c1-23(21,22)18-9-5-8-13(18)10-16-14(19)11-17-15(20)12-6-3-2-4-7-12/h2-4,6-7,13H,5,8-11H2,1H3,(H,16,19)(H,17,20). The minimum atomic E-state index is -3.25. The third kappa shape index (κ3) is 5.04. The van der Waals surface area contributed by atoms with Crippen LogP contribution in [-0.2, 0) is 14.8 Å². The minimum Gasteiger partial charge on any atom is -0.353 e.